The number of ether oxygens (including phenoxy) is 5. The zero-order chi connectivity index (χ0) is 38.1. The van der Waals surface area contributed by atoms with Gasteiger partial charge in [-0.3, -0.25) is 4.79 Å². The number of hydrogen-bond acceptors (Lipinski definition) is 10. The topological polar surface area (TPSA) is 146 Å². The van der Waals surface area contributed by atoms with Gasteiger partial charge in [0.25, 0.3) is 0 Å². The van der Waals surface area contributed by atoms with Gasteiger partial charge in [-0.1, -0.05) is 45.7 Å². The number of amides is 3. The third kappa shape index (κ3) is 9.27. The van der Waals surface area contributed by atoms with Gasteiger partial charge in [0, 0.05) is 37.7 Å². The number of piperidine rings is 1. The van der Waals surface area contributed by atoms with Crippen LogP contribution >= 0.6 is 0 Å². The molecule has 4 heterocycles. The van der Waals surface area contributed by atoms with Gasteiger partial charge in [0.05, 0.1) is 24.7 Å². The number of para-hydroxylation sites is 1. The Kier molecular flexibility index (Phi) is 11.3. The fourth-order valence-electron chi connectivity index (χ4n) is 7.60. The Morgan fingerprint density at radius 3 is 2.38 bits per heavy atom. The van der Waals surface area contributed by atoms with Crippen LogP contribution in [-0.4, -0.2) is 102 Å². The summed E-state index contributed by atoms with van der Waals surface area (Å²) in [6, 6.07) is 5.96. The minimum absolute atomic E-state index is 0.0971. The third-order valence-electron chi connectivity index (χ3n) is 10.6. The number of likely N-dealkylation sites (tertiary alicyclic amines) is 1. The van der Waals surface area contributed by atoms with E-state index in [4.69, 9.17) is 28.7 Å². The van der Waals surface area contributed by atoms with Crippen LogP contribution in [-0.2, 0) is 30.2 Å². The highest BCUT2D eigenvalue weighted by Gasteiger charge is 2.48. The van der Waals surface area contributed by atoms with Gasteiger partial charge >= 0.3 is 18.2 Å². The first-order valence-corrected chi connectivity index (χ1v) is 19.2. The summed E-state index contributed by atoms with van der Waals surface area (Å²) in [5.74, 6) is 0.471. The summed E-state index contributed by atoms with van der Waals surface area (Å²) in [7, 11) is 1.30. The number of pyridine rings is 1. The van der Waals surface area contributed by atoms with Crippen molar-refractivity contribution in [3.8, 4) is 11.6 Å². The Hall–Kier alpha value is -4.29. The highest BCUT2D eigenvalue weighted by Crippen LogP contribution is 2.41. The predicted molar refractivity (Wildman–Crippen MR) is 197 cm³/mol. The van der Waals surface area contributed by atoms with Crippen LogP contribution in [0.3, 0.4) is 0 Å². The second-order valence-corrected chi connectivity index (χ2v) is 17.0. The molecular formula is C40H56N4O9. The van der Waals surface area contributed by atoms with Gasteiger partial charge < -0.3 is 38.8 Å². The summed E-state index contributed by atoms with van der Waals surface area (Å²) in [5, 5.41) is 3.70. The van der Waals surface area contributed by atoms with Crippen molar-refractivity contribution in [2.75, 3.05) is 26.7 Å². The van der Waals surface area contributed by atoms with Gasteiger partial charge in [0.15, 0.2) is 0 Å². The number of esters is 1. The van der Waals surface area contributed by atoms with E-state index in [0.29, 0.717) is 43.7 Å². The lowest BCUT2D eigenvalue weighted by Crippen LogP contribution is -2.57. The van der Waals surface area contributed by atoms with E-state index in [1.807, 2.05) is 65.8 Å². The van der Waals surface area contributed by atoms with E-state index < -0.39 is 47.2 Å². The van der Waals surface area contributed by atoms with Crippen molar-refractivity contribution in [2.24, 2.45) is 11.3 Å². The molecule has 5 atom stereocenters. The Bertz CT molecular complexity index is 1680. The van der Waals surface area contributed by atoms with E-state index in [9.17, 15) is 19.2 Å². The SMILES string of the molecule is COC(=O)[C@@H]1C[C@@H]2CN1C(=O)[C@H](C(C)(C)C)NC(=O)O[C@@H]1C[C@H]1CCCCCc1c(nc3ccccc3c1OC1CCN(C(=O)OC(C)(C)C)CC1)O2. The molecule has 2 bridgehead atoms. The van der Waals surface area contributed by atoms with Crippen molar-refractivity contribution in [1.82, 2.24) is 20.1 Å². The highest BCUT2D eigenvalue weighted by atomic mass is 16.6. The quantitative estimate of drug-likeness (QED) is 0.286. The molecule has 2 aromatic rings. The number of nitrogens with one attached hydrogen (secondary N) is 1. The first-order valence-electron chi connectivity index (χ1n) is 19.2. The summed E-state index contributed by atoms with van der Waals surface area (Å²) in [5.41, 5.74) is 0.314. The first-order chi connectivity index (χ1) is 25.1. The molecule has 1 N–H and O–H groups in total. The number of rotatable bonds is 3. The van der Waals surface area contributed by atoms with Crippen LogP contribution in [0, 0.1) is 11.3 Å². The number of fused-ring (bicyclic) bond motifs is 5. The number of aromatic nitrogens is 1. The number of nitrogens with zero attached hydrogens (tertiary/aromatic N) is 3. The summed E-state index contributed by atoms with van der Waals surface area (Å²) in [4.78, 5) is 61.5. The van der Waals surface area contributed by atoms with E-state index >= 15 is 0 Å². The highest BCUT2D eigenvalue weighted by molar-refractivity contribution is 5.91. The fraction of sp³-hybridized carbons (Fsp3) is 0.675. The van der Waals surface area contributed by atoms with E-state index in [2.05, 4.69) is 5.32 Å². The van der Waals surface area contributed by atoms with Crippen molar-refractivity contribution in [3.05, 3.63) is 29.8 Å². The molecule has 53 heavy (non-hydrogen) atoms. The molecule has 1 aromatic heterocycles. The standard InChI is InChI=1S/C40H56N4O9/c1-39(2,3)33-35(45)44-23-26(22-30(44)36(46)49-7)51-34-28(15-10-8-9-13-24-21-31(24)52-37(47)42-33)32(27-14-11-12-16-29(27)41-34)50-25-17-19-43(20-18-25)38(48)53-40(4,5)6/h11-12,14,16,24-26,30-31,33H,8-10,13,15,17-23H2,1-7H3,(H,42,47)/t24-,26-,30+,31-,33-/m1/s1. The van der Waals surface area contributed by atoms with Crippen molar-refractivity contribution in [3.63, 3.8) is 0 Å². The number of alkyl carbamates (subject to hydrolysis) is 1. The monoisotopic (exact) mass is 736 g/mol. The minimum Gasteiger partial charge on any atom is -0.489 e. The Balaban J connectivity index is 1.32. The molecule has 3 fully saturated rings. The number of benzene rings is 1. The van der Waals surface area contributed by atoms with Crippen LogP contribution < -0.4 is 14.8 Å². The zero-order valence-corrected chi connectivity index (χ0v) is 32.3. The molecule has 13 heteroatoms. The van der Waals surface area contributed by atoms with Crippen LogP contribution in [0.5, 0.6) is 11.6 Å². The van der Waals surface area contributed by atoms with Crippen LogP contribution in [0.2, 0.25) is 0 Å². The molecule has 1 aliphatic carbocycles. The maximum Gasteiger partial charge on any atom is 0.410 e. The molecule has 2 saturated heterocycles. The fourth-order valence-corrected chi connectivity index (χ4v) is 7.60. The molecule has 1 saturated carbocycles. The smallest absolute Gasteiger partial charge is 0.410 e. The predicted octanol–water partition coefficient (Wildman–Crippen LogP) is 6.18. The largest absolute Gasteiger partial charge is 0.489 e. The Labute approximate surface area is 312 Å². The maximum absolute atomic E-state index is 14.3. The van der Waals surface area contributed by atoms with E-state index in [1.165, 1.54) is 12.0 Å². The van der Waals surface area contributed by atoms with Gasteiger partial charge in [0.1, 0.15) is 41.7 Å². The molecular weight excluding hydrogens is 680 g/mol. The lowest BCUT2D eigenvalue weighted by molar-refractivity contribution is -0.152. The van der Waals surface area contributed by atoms with Crippen molar-refractivity contribution >= 4 is 35.0 Å². The van der Waals surface area contributed by atoms with Gasteiger partial charge in [-0.15, -0.1) is 0 Å². The summed E-state index contributed by atoms with van der Waals surface area (Å²) >= 11 is 0. The minimum atomic E-state index is -0.951. The van der Waals surface area contributed by atoms with Gasteiger partial charge in [-0.25, -0.2) is 19.4 Å². The van der Waals surface area contributed by atoms with E-state index in [1.54, 1.807) is 4.90 Å². The zero-order valence-electron chi connectivity index (χ0n) is 32.3. The number of methoxy groups -OCH3 is 1. The summed E-state index contributed by atoms with van der Waals surface area (Å²) < 4.78 is 30.1. The second kappa shape index (κ2) is 15.6. The maximum atomic E-state index is 14.3. The van der Waals surface area contributed by atoms with Gasteiger partial charge in [-0.05, 0) is 69.9 Å². The van der Waals surface area contributed by atoms with Gasteiger partial charge in [0.2, 0.25) is 11.8 Å². The average Bonchev–Trinajstić information content (AvgIpc) is 3.69. The average molecular weight is 737 g/mol. The Morgan fingerprint density at radius 2 is 1.68 bits per heavy atom. The van der Waals surface area contributed by atoms with Crippen molar-refractivity contribution in [2.45, 2.75) is 135 Å². The normalized spacial score (nSPS) is 26.2. The molecule has 290 valence electrons. The van der Waals surface area contributed by atoms with Crippen LogP contribution in [0.4, 0.5) is 9.59 Å². The summed E-state index contributed by atoms with van der Waals surface area (Å²) in [6.45, 7) is 12.3. The number of carbonyl (C=O) groups excluding carboxylic acids is 4. The lowest BCUT2D eigenvalue weighted by atomic mass is 9.85. The molecule has 6 rings (SSSR count). The molecule has 13 nitrogen and oxygen atoms in total. The van der Waals surface area contributed by atoms with Crippen LogP contribution in [0.25, 0.3) is 10.9 Å². The molecule has 0 unspecified atom stereocenters. The molecule has 1 aromatic carbocycles. The molecule has 0 spiro atoms. The molecule has 3 amide bonds. The van der Waals surface area contributed by atoms with Crippen LogP contribution in [0.15, 0.2) is 24.3 Å². The van der Waals surface area contributed by atoms with Crippen molar-refractivity contribution in [1.29, 1.82) is 0 Å². The molecule has 0 radical (unpaired) electrons. The molecule has 3 aliphatic heterocycles. The van der Waals surface area contributed by atoms with E-state index in [-0.39, 0.29) is 37.2 Å². The first kappa shape index (κ1) is 38.4. The van der Waals surface area contributed by atoms with E-state index in [0.717, 1.165) is 48.8 Å². The van der Waals surface area contributed by atoms with Crippen molar-refractivity contribution < 1.29 is 42.9 Å². The summed E-state index contributed by atoms with van der Waals surface area (Å²) in [6.07, 6.45) is 4.81. The van der Waals surface area contributed by atoms with Gasteiger partial charge in [-0.2, -0.15) is 0 Å². The third-order valence-corrected chi connectivity index (χ3v) is 10.6. The Morgan fingerprint density at radius 1 is 0.943 bits per heavy atom. The van der Waals surface area contributed by atoms with Crippen LogP contribution in [0.1, 0.15) is 98.5 Å². The number of carbonyl (C=O) groups is 4. The lowest BCUT2D eigenvalue weighted by Gasteiger charge is -2.34. The second-order valence-electron chi connectivity index (χ2n) is 17.0. The molecule has 4 aliphatic rings. The number of hydrogen-bond donors (Lipinski definition) is 1.